The van der Waals surface area contributed by atoms with Gasteiger partial charge in [-0.15, -0.1) is 0 Å². The number of carbonyl (C=O) groups excluding carboxylic acids is 1. The Balaban J connectivity index is 1.70. The molecule has 0 spiro atoms. The predicted molar refractivity (Wildman–Crippen MR) is 86.7 cm³/mol. The third-order valence-corrected chi connectivity index (χ3v) is 3.90. The highest BCUT2D eigenvalue weighted by Gasteiger charge is 2.21. The molecule has 22 heavy (non-hydrogen) atoms. The number of aromatic nitrogens is 2. The summed E-state index contributed by atoms with van der Waals surface area (Å²) in [6, 6.07) is 0.369. The van der Waals surface area contributed by atoms with Gasteiger partial charge in [0.05, 0.1) is 12.7 Å². The Hall–Kier alpha value is -2.05. The number of nitrogens with zero attached hydrogens (tertiary/aromatic N) is 4. The van der Waals surface area contributed by atoms with Crippen LogP contribution in [0.2, 0.25) is 0 Å². The van der Waals surface area contributed by atoms with Crippen LogP contribution in [-0.2, 0) is 11.3 Å². The van der Waals surface area contributed by atoms with E-state index in [2.05, 4.69) is 20.7 Å². The van der Waals surface area contributed by atoms with Crippen molar-refractivity contribution < 1.29 is 4.79 Å². The van der Waals surface area contributed by atoms with Crippen LogP contribution in [0.4, 0.5) is 0 Å². The molecule has 1 aliphatic heterocycles. The Morgan fingerprint density at radius 2 is 2.18 bits per heavy atom. The number of likely N-dealkylation sites (tertiary alicyclic amines) is 1. The van der Waals surface area contributed by atoms with E-state index in [1.54, 1.807) is 14.0 Å². The first-order chi connectivity index (χ1) is 10.6. The zero-order valence-electron chi connectivity index (χ0n) is 13.7. The molecule has 0 atom stereocenters. The second-order valence-corrected chi connectivity index (χ2v) is 5.70. The van der Waals surface area contributed by atoms with Crippen molar-refractivity contribution >= 4 is 11.9 Å². The van der Waals surface area contributed by atoms with E-state index >= 15 is 0 Å². The molecule has 2 rings (SSSR count). The number of amides is 1. The molecule has 1 amide bonds. The number of aliphatic imine (C=N–C) groups is 1. The highest BCUT2D eigenvalue weighted by atomic mass is 16.2. The van der Waals surface area contributed by atoms with Gasteiger partial charge in [-0.05, 0) is 25.3 Å². The quantitative estimate of drug-likeness (QED) is 0.622. The number of aryl methyl sites for hydroxylation is 1. The Labute approximate surface area is 131 Å². The van der Waals surface area contributed by atoms with Gasteiger partial charge in [-0.2, -0.15) is 5.10 Å². The van der Waals surface area contributed by atoms with Crippen LogP contribution in [-0.4, -0.2) is 59.3 Å². The van der Waals surface area contributed by atoms with Crippen molar-refractivity contribution in [3.8, 4) is 0 Å². The van der Waals surface area contributed by atoms with Crippen molar-refractivity contribution in [1.29, 1.82) is 0 Å². The Morgan fingerprint density at radius 3 is 2.73 bits per heavy atom. The van der Waals surface area contributed by atoms with Crippen LogP contribution in [0.5, 0.6) is 0 Å². The number of hydrogen-bond acceptors (Lipinski definition) is 3. The molecule has 0 saturated carbocycles. The summed E-state index contributed by atoms with van der Waals surface area (Å²) in [5.74, 6) is 0.973. The van der Waals surface area contributed by atoms with E-state index in [1.807, 2.05) is 28.9 Å². The van der Waals surface area contributed by atoms with Gasteiger partial charge < -0.3 is 15.5 Å². The molecule has 0 aromatic carbocycles. The van der Waals surface area contributed by atoms with Crippen LogP contribution in [0.25, 0.3) is 0 Å². The van der Waals surface area contributed by atoms with Crippen molar-refractivity contribution in [2.75, 3.05) is 26.7 Å². The third kappa shape index (κ3) is 4.75. The van der Waals surface area contributed by atoms with Gasteiger partial charge in [0, 0.05) is 45.8 Å². The lowest BCUT2D eigenvalue weighted by Crippen LogP contribution is -2.49. The van der Waals surface area contributed by atoms with E-state index in [4.69, 9.17) is 0 Å². The van der Waals surface area contributed by atoms with Crippen molar-refractivity contribution in [2.45, 2.75) is 39.3 Å². The molecule has 1 saturated heterocycles. The molecule has 1 fully saturated rings. The van der Waals surface area contributed by atoms with Crippen LogP contribution in [0, 0.1) is 6.92 Å². The first-order valence-electron chi connectivity index (χ1n) is 7.80. The summed E-state index contributed by atoms with van der Waals surface area (Å²) in [6.07, 6.45) is 5.79. The van der Waals surface area contributed by atoms with Crippen LogP contribution in [0.15, 0.2) is 17.4 Å². The highest BCUT2D eigenvalue weighted by Crippen LogP contribution is 2.10. The molecule has 7 heteroatoms. The minimum absolute atomic E-state index is 0.162. The van der Waals surface area contributed by atoms with Gasteiger partial charge in [-0.3, -0.25) is 14.5 Å². The molecule has 0 unspecified atom stereocenters. The lowest BCUT2D eigenvalue weighted by Gasteiger charge is -2.32. The first kappa shape index (κ1) is 16.3. The van der Waals surface area contributed by atoms with Gasteiger partial charge in [0.15, 0.2) is 5.96 Å². The van der Waals surface area contributed by atoms with Crippen LogP contribution < -0.4 is 10.6 Å². The minimum Gasteiger partial charge on any atom is -0.355 e. The lowest BCUT2D eigenvalue weighted by atomic mass is 10.1. The SMILES string of the molecule is CN=C(NCCn1cc(C)cn1)NC1CCN(C(C)=O)CC1. The fourth-order valence-corrected chi connectivity index (χ4v) is 2.60. The molecule has 1 aromatic heterocycles. The van der Waals surface area contributed by atoms with Crippen molar-refractivity contribution in [3.05, 3.63) is 18.0 Å². The third-order valence-electron chi connectivity index (χ3n) is 3.90. The van der Waals surface area contributed by atoms with E-state index < -0.39 is 0 Å². The standard InChI is InChI=1S/C15H26N6O/c1-12-10-18-21(11-12)9-6-17-15(16-3)19-14-4-7-20(8-5-14)13(2)22/h10-11,14H,4-9H2,1-3H3,(H2,16,17,19). The summed E-state index contributed by atoms with van der Waals surface area (Å²) in [4.78, 5) is 17.5. The van der Waals surface area contributed by atoms with E-state index in [1.165, 1.54) is 5.56 Å². The smallest absolute Gasteiger partial charge is 0.219 e. The lowest BCUT2D eigenvalue weighted by molar-refractivity contribution is -0.129. The normalized spacial score (nSPS) is 16.7. The summed E-state index contributed by atoms with van der Waals surface area (Å²) in [5, 5.41) is 11.0. The predicted octanol–water partition coefficient (Wildman–Crippen LogP) is 0.367. The van der Waals surface area contributed by atoms with E-state index in [9.17, 15) is 4.79 Å². The first-order valence-corrected chi connectivity index (χ1v) is 7.80. The zero-order chi connectivity index (χ0) is 15.9. The highest BCUT2D eigenvalue weighted by molar-refractivity contribution is 5.80. The Kier molecular flexibility index (Phi) is 5.80. The molecule has 122 valence electrons. The molecule has 2 heterocycles. The van der Waals surface area contributed by atoms with E-state index in [0.29, 0.717) is 6.04 Å². The number of carbonyl (C=O) groups is 1. The Morgan fingerprint density at radius 1 is 1.45 bits per heavy atom. The molecule has 1 aromatic rings. The summed E-state index contributed by atoms with van der Waals surface area (Å²) in [6.45, 7) is 6.87. The fraction of sp³-hybridized carbons (Fsp3) is 0.667. The molecule has 7 nitrogen and oxygen atoms in total. The second kappa shape index (κ2) is 7.82. The second-order valence-electron chi connectivity index (χ2n) is 5.70. The molecule has 2 N–H and O–H groups in total. The number of piperidine rings is 1. The summed E-state index contributed by atoms with van der Waals surface area (Å²) in [7, 11) is 1.78. The van der Waals surface area contributed by atoms with Gasteiger partial charge in [0.25, 0.3) is 0 Å². The zero-order valence-corrected chi connectivity index (χ0v) is 13.7. The minimum atomic E-state index is 0.162. The summed E-state index contributed by atoms with van der Waals surface area (Å²) >= 11 is 0. The maximum absolute atomic E-state index is 11.3. The van der Waals surface area contributed by atoms with Crippen LogP contribution in [0.1, 0.15) is 25.3 Å². The van der Waals surface area contributed by atoms with Crippen molar-refractivity contribution in [3.63, 3.8) is 0 Å². The van der Waals surface area contributed by atoms with Crippen LogP contribution in [0.3, 0.4) is 0 Å². The van der Waals surface area contributed by atoms with Gasteiger partial charge in [-0.1, -0.05) is 0 Å². The van der Waals surface area contributed by atoms with Crippen LogP contribution >= 0.6 is 0 Å². The van der Waals surface area contributed by atoms with Gasteiger partial charge in [-0.25, -0.2) is 0 Å². The van der Waals surface area contributed by atoms with E-state index in [0.717, 1.165) is 45.0 Å². The number of hydrogen-bond donors (Lipinski definition) is 2. The van der Waals surface area contributed by atoms with Gasteiger partial charge in [0.1, 0.15) is 0 Å². The van der Waals surface area contributed by atoms with Gasteiger partial charge in [0.2, 0.25) is 5.91 Å². The average molecular weight is 306 g/mol. The molecular formula is C15H26N6O. The molecule has 1 aliphatic rings. The Bertz CT molecular complexity index is 516. The van der Waals surface area contributed by atoms with Gasteiger partial charge >= 0.3 is 0 Å². The largest absolute Gasteiger partial charge is 0.355 e. The topological polar surface area (TPSA) is 74.6 Å². The maximum atomic E-state index is 11.3. The molecular weight excluding hydrogens is 280 g/mol. The summed E-state index contributed by atoms with van der Waals surface area (Å²) < 4.78 is 1.92. The van der Waals surface area contributed by atoms with Crippen molar-refractivity contribution in [2.24, 2.45) is 4.99 Å². The molecule has 0 bridgehead atoms. The monoisotopic (exact) mass is 306 g/mol. The summed E-state index contributed by atoms with van der Waals surface area (Å²) in [5.41, 5.74) is 1.17. The molecule has 0 radical (unpaired) electrons. The maximum Gasteiger partial charge on any atom is 0.219 e. The van der Waals surface area contributed by atoms with E-state index in [-0.39, 0.29) is 5.91 Å². The number of nitrogens with one attached hydrogen (secondary N) is 2. The van der Waals surface area contributed by atoms with Crippen molar-refractivity contribution in [1.82, 2.24) is 25.3 Å². The molecule has 0 aliphatic carbocycles. The average Bonchev–Trinajstić information content (AvgIpc) is 2.92. The fourth-order valence-electron chi connectivity index (χ4n) is 2.60. The number of guanidine groups is 1. The number of rotatable bonds is 4.